The van der Waals surface area contributed by atoms with E-state index in [4.69, 9.17) is 0 Å². The van der Waals surface area contributed by atoms with Crippen LogP contribution < -0.4 is 5.56 Å². The maximum atomic E-state index is 13.6. The van der Waals surface area contributed by atoms with Gasteiger partial charge in [0, 0.05) is 25.1 Å². The topological polar surface area (TPSA) is 83.1 Å². The Labute approximate surface area is 193 Å². The maximum absolute atomic E-state index is 13.6. The first-order valence-electron chi connectivity index (χ1n) is 10.6. The molecule has 0 spiro atoms. The van der Waals surface area contributed by atoms with Crippen LogP contribution in [-0.4, -0.2) is 22.9 Å². The highest BCUT2D eigenvalue weighted by atomic mass is 32.2. The van der Waals surface area contributed by atoms with Crippen LogP contribution in [0, 0.1) is 6.92 Å². The van der Waals surface area contributed by atoms with Crippen molar-refractivity contribution in [1.29, 1.82) is 0 Å². The molecule has 7 heteroatoms. The van der Waals surface area contributed by atoms with Crippen molar-refractivity contribution in [3.63, 3.8) is 0 Å². The Bertz CT molecular complexity index is 1330. The number of hydrogen-bond acceptors (Lipinski definition) is 4. The molecule has 33 heavy (non-hydrogen) atoms. The second-order valence-electron chi connectivity index (χ2n) is 7.93. The zero-order valence-electron chi connectivity index (χ0n) is 18.3. The molecular weight excluding hydrogens is 434 g/mol. The minimum atomic E-state index is -3.75. The Morgan fingerprint density at radius 1 is 0.788 bits per heavy atom. The number of rotatable bonds is 8. The number of aromatic amines is 1. The van der Waals surface area contributed by atoms with Gasteiger partial charge in [-0.2, -0.15) is 9.40 Å². The molecule has 4 rings (SSSR count). The van der Waals surface area contributed by atoms with E-state index in [1.54, 1.807) is 30.3 Å². The van der Waals surface area contributed by atoms with Gasteiger partial charge >= 0.3 is 0 Å². The summed E-state index contributed by atoms with van der Waals surface area (Å²) in [6.07, 6.45) is 0.400. The van der Waals surface area contributed by atoms with Crippen molar-refractivity contribution in [3.05, 3.63) is 129 Å². The van der Waals surface area contributed by atoms with Crippen molar-refractivity contribution in [2.45, 2.75) is 31.3 Å². The quantitative estimate of drug-likeness (QED) is 0.431. The van der Waals surface area contributed by atoms with E-state index in [9.17, 15) is 13.2 Å². The molecule has 0 aliphatic rings. The highest BCUT2D eigenvalue weighted by molar-refractivity contribution is 7.89. The average Bonchev–Trinajstić information content (AvgIpc) is 2.83. The Hall–Kier alpha value is -3.55. The number of aromatic nitrogens is 2. The molecule has 0 fully saturated rings. The van der Waals surface area contributed by atoms with Crippen molar-refractivity contribution in [2.24, 2.45) is 0 Å². The molecule has 0 saturated carbocycles. The number of nitrogens with zero attached hydrogens (tertiary/aromatic N) is 2. The van der Waals surface area contributed by atoms with E-state index >= 15 is 0 Å². The van der Waals surface area contributed by atoms with Crippen LogP contribution in [0.15, 0.2) is 101 Å². The summed E-state index contributed by atoms with van der Waals surface area (Å²) in [5.74, 6) is 0. The van der Waals surface area contributed by atoms with Gasteiger partial charge in [-0.25, -0.2) is 13.5 Å². The number of hydrogen-bond donors (Lipinski definition) is 1. The smallest absolute Gasteiger partial charge is 0.267 e. The summed E-state index contributed by atoms with van der Waals surface area (Å²) >= 11 is 0. The van der Waals surface area contributed by atoms with E-state index < -0.39 is 10.0 Å². The van der Waals surface area contributed by atoms with Gasteiger partial charge in [0.15, 0.2) is 0 Å². The normalized spacial score (nSPS) is 11.6. The van der Waals surface area contributed by atoms with Gasteiger partial charge < -0.3 is 0 Å². The third-order valence-electron chi connectivity index (χ3n) is 5.37. The van der Waals surface area contributed by atoms with Crippen LogP contribution in [0.25, 0.3) is 0 Å². The van der Waals surface area contributed by atoms with Crippen molar-refractivity contribution < 1.29 is 8.42 Å². The molecule has 0 bridgehead atoms. The molecule has 6 nitrogen and oxygen atoms in total. The van der Waals surface area contributed by atoms with E-state index in [2.05, 4.69) is 10.2 Å². The molecule has 0 saturated heterocycles. The monoisotopic (exact) mass is 459 g/mol. The fraction of sp³-hybridized carbons (Fsp3) is 0.154. The predicted molar refractivity (Wildman–Crippen MR) is 128 cm³/mol. The standard InChI is InChI=1S/C26H25N3O3S/c1-20-16-24(26(30)28-27-20)17-21-12-14-25(15-13-21)33(31,32)29(18-22-8-4-2-5-9-22)19-23-10-6-3-7-11-23/h2-16H,17-19H2,1H3,(H,28,30). The van der Waals surface area contributed by atoms with E-state index in [-0.39, 0.29) is 23.5 Å². The summed E-state index contributed by atoms with van der Waals surface area (Å²) in [5.41, 5.74) is 3.76. The van der Waals surface area contributed by atoms with Crippen LogP contribution >= 0.6 is 0 Å². The molecule has 0 atom stereocenters. The Kier molecular flexibility index (Phi) is 6.82. The lowest BCUT2D eigenvalue weighted by Crippen LogP contribution is -2.30. The zero-order chi connectivity index (χ0) is 23.3. The number of H-pyrrole nitrogens is 1. The summed E-state index contributed by atoms with van der Waals surface area (Å²) in [6.45, 7) is 2.35. The second-order valence-corrected chi connectivity index (χ2v) is 9.87. The summed E-state index contributed by atoms with van der Waals surface area (Å²) in [7, 11) is -3.75. The molecule has 3 aromatic carbocycles. The van der Waals surface area contributed by atoms with Crippen LogP contribution in [0.3, 0.4) is 0 Å². The lowest BCUT2D eigenvalue weighted by Gasteiger charge is -2.23. The molecule has 0 amide bonds. The van der Waals surface area contributed by atoms with E-state index in [1.165, 1.54) is 4.31 Å². The Morgan fingerprint density at radius 2 is 1.33 bits per heavy atom. The molecule has 0 aliphatic heterocycles. The molecule has 1 heterocycles. The molecule has 1 aromatic heterocycles. The van der Waals surface area contributed by atoms with Crippen molar-refractivity contribution >= 4 is 10.0 Å². The van der Waals surface area contributed by atoms with E-state index in [1.807, 2.05) is 67.6 Å². The second kappa shape index (κ2) is 9.94. The zero-order valence-corrected chi connectivity index (χ0v) is 19.1. The lowest BCUT2D eigenvalue weighted by molar-refractivity contribution is 0.401. The highest BCUT2D eigenvalue weighted by Gasteiger charge is 2.25. The van der Waals surface area contributed by atoms with Crippen LogP contribution in [-0.2, 0) is 29.5 Å². The first-order chi connectivity index (χ1) is 15.9. The first kappa shape index (κ1) is 22.6. The third-order valence-corrected chi connectivity index (χ3v) is 7.17. The summed E-state index contributed by atoms with van der Waals surface area (Å²) < 4.78 is 28.6. The molecule has 0 unspecified atom stereocenters. The van der Waals surface area contributed by atoms with Gasteiger partial charge in [-0.3, -0.25) is 4.79 Å². The van der Waals surface area contributed by atoms with E-state index in [0.717, 1.165) is 22.4 Å². The Balaban J connectivity index is 1.61. The predicted octanol–water partition coefficient (Wildman–Crippen LogP) is 4.06. The first-order valence-corrected chi connectivity index (χ1v) is 12.1. The van der Waals surface area contributed by atoms with Gasteiger partial charge in [-0.05, 0) is 41.8 Å². The fourth-order valence-corrected chi connectivity index (χ4v) is 5.06. The fourth-order valence-electron chi connectivity index (χ4n) is 3.64. The van der Waals surface area contributed by atoms with Gasteiger partial charge in [0.25, 0.3) is 5.56 Å². The lowest BCUT2D eigenvalue weighted by atomic mass is 10.1. The van der Waals surface area contributed by atoms with Crippen LogP contribution in [0.4, 0.5) is 0 Å². The van der Waals surface area contributed by atoms with Crippen LogP contribution in [0.5, 0.6) is 0 Å². The SMILES string of the molecule is Cc1cc(Cc2ccc(S(=O)(=O)N(Cc3ccccc3)Cc3ccccc3)cc2)c(=O)[nH]n1. The van der Waals surface area contributed by atoms with Crippen molar-refractivity contribution in [2.75, 3.05) is 0 Å². The van der Waals surface area contributed by atoms with Crippen molar-refractivity contribution in [3.8, 4) is 0 Å². The van der Waals surface area contributed by atoms with Gasteiger partial charge in [0.1, 0.15) is 0 Å². The minimum absolute atomic E-state index is 0.220. The number of nitrogens with one attached hydrogen (secondary N) is 1. The minimum Gasteiger partial charge on any atom is -0.268 e. The van der Waals surface area contributed by atoms with Crippen LogP contribution in [0.1, 0.15) is 27.9 Å². The summed E-state index contributed by atoms with van der Waals surface area (Å²) in [5, 5.41) is 6.37. The number of benzene rings is 3. The van der Waals surface area contributed by atoms with Gasteiger partial charge in [0.2, 0.25) is 10.0 Å². The molecule has 4 aromatic rings. The maximum Gasteiger partial charge on any atom is 0.267 e. The van der Waals surface area contributed by atoms with E-state index in [0.29, 0.717) is 12.0 Å². The molecule has 0 radical (unpaired) electrons. The van der Waals surface area contributed by atoms with Crippen LogP contribution in [0.2, 0.25) is 0 Å². The molecule has 168 valence electrons. The highest BCUT2D eigenvalue weighted by Crippen LogP contribution is 2.22. The Morgan fingerprint density at radius 3 is 1.88 bits per heavy atom. The third kappa shape index (κ3) is 5.63. The molecular formula is C26H25N3O3S. The number of sulfonamides is 1. The van der Waals surface area contributed by atoms with Gasteiger partial charge in [-0.1, -0.05) is 72.8 Å². The summed E-state index contributed by atoms with van der Waals surface area (Å²) in [6, 6.07) is 27.6. The average molecular weight is 460 g/mol. The number of aryl methyl sites for hydroxylation is 1. The van der Waals surface area contributed by atoms with Gasteiger partial charge in [0.05, 0.1) is 10.6 Å². The molecule has 1 N–H and O–H groups in total. The molecule has 0 aliphatic carbocycles. The van der Waals surface area contributed by atoms with Crippen molar-refractivity contribution in [1.82, 2.24) is 14.5 Å². The summed E-state index contributed by atoms with van der Waals surface area (Å²) in [4.78, 5) is 12.2. The van der Waals surface area contributed by atoms with Gasteiger partial charge in [-0.15, -0.1) is 0 Å². The largest absolute Gasteiger partial charge is 0.268 e.